The predicted molar refractivity (Wildman–Crippen MR) is 60.6 cm³/mol. The molecule has 0 radical (unpaired) electrons. The van der Waals surface area contributed by atoms with Crippen molar-refractivity contribution in [3.8, 4) is 5.75 Å². The molecule has 1 amide bonds. The number of carbonyl (C=O) groups is 1. The van der Waals surface area contributed by atoms with E-state index in [4.69, 9.17) is 9.94 Å². The van der Waals surface area contributed by atoms with E-state index in [0.717, 1.165) is 11.1 Å². The van der Waals surface area contributed by atoms with Gasteiger partial charge in [-0.15, -0.1) is 0 Å². The van der Waals surface area contributed by atoms with Crippen LogP contribution in [0.25, 0.3) is 0 Å². The Kier molecular flexibility index (Phi) is 4.31. The molecule has 16 heavy (non-hydrogen) atoms. The maximum atomic E-state index is 11.3. The number of hydroxylamine groups is 2. The van der Waals surface area contributed by atoms with Crippen molar-refractivity contribution in [3.63, 3.8) is 0 Å². The second-order valence-corrected chi connectivity index (χ2v) is 3.67. The number of likely N-dealkylation sites (N-methyl/N-ethyl adjacent to an activating group) is 1. The Bertz CT molecular complexity index is 377. The van der Waals surface area contributed by atoms with E-state index in [2.05, 4.69) is 0 Å². The molecule has 1 aromatic rings. The Morgan fingerprint density at radius 1 is 1.44 bits per heavy atom. The van der Waals surface area contributed by atoms with Gasteiger partial charge in [0, 0.05) is 6.54 Å². The van der Waals surface area contributed by atoms with Crippen molar-refractivity contribution >= 4 is 5.91 Å². The molecule has 1 aromatic carbocycles. The molecule has 4 nitrogen and oxygen atoms in total. The van der Waals surface area contributed by atoms with Gasteiger partial charge < -0.3 is 4.74 Å². The van der Waals surface area contributed by atoms with Gasteiger partial charge in [-0.2, -0.15) is 0 Å². The summed E-state index contributed by atoms with van der Waals surface area (Å²) in [5.74, 6) is 0.228. The van der Waals surface area contributed by atoms with Gasteiger partial charge in [0.1, 0.15) is 5.75 Å². The summed E-state index contributed by atoms with van der Waals surface area (Å²) < 4.78 is 5.33. The fraction of sp³-hybridized carbons (Fsp3) is 0.417. The molecule has 0 unspecified atom stereocenters. The summed E-state index contributed by atoms with van der Waals surface area (Å²) in [7, 11) is 0. The minimum Gasteiger partial charge on any atom is -0.483 e. The number of nitrogens with zero attached hydrogens (tertiary/aromatic N) is 1. The molecule has 0 bridgehead atoms. The Morgan fingerprint density at radius 2 is 2.12 bits per heavy atom. The van der Waals surface area contributed by atoms with E-state index in [-0.39, 0.29) is 13.2 Å². The van der Waals surface area contributed by atoms with E-state index >= 15 is 0 Å². The largest absolute Gasteiger partial charge is 0.483 e. The average Bonchev–Trinajstić information content (AvgIpc) is 2.26. The highest BCUT2D eigenvalue weighted by molar-refractivity contribution is 5.76. The number of carbonyl (C=O) groups excluding carboxylic acids is 1. The van der Waals surface area contributed by atoms with Gasteiger partial charge in [0.2, 0.25) is 0 Å². The Hall–Kier alpha value is -1.55. The molecule has 0 aliphatic carbocycles. The molecule has 0 saturated heterocycles. The molecule has 0 fully saturated rings. The van der Waals surface area contributed by atoms with Gasteiger partial charge in [0.05, 0.1) is 0 Å². The number of aryl methyl sites for hydroxylation is 2. The van der Waals surface area contributed by atoms with Gasteiger partial charge in [-0.05, 0) is 32.4 Å². The Morgan fingerprint density at radius 3 is 2.69 bits per heavy atom. The number of amides is 1. The number of benzene rings is 1. The lowest BCUT2D eigenvalue weighted by Crippen LogP contribution is -2.31. The molecule has 0 aliphatic heterocycles. The smallest absolute Gasteiger partial charge is 0.283 e. The normalized spacial score (nSPS) is 10.0. The first kappa shape index (κ1) is 12.5. The van der Waals surface area contributed by atoms with Crippen molar-refractivity contribution in [2.45, 2.75) is 20.8 Å². The van der Waals surface area contributed by atoms with Gasteiger partial charge in [0.15, 0.2) is 6.61 Å². The molecule has 0 aromatic heterocycles. The van der Waals surface area contributed by atoms with E-state index in [1.807, 2.05) is 32.0 Å². The molecule has 1 N–H and O–H groups in total. The van der Waals surface area contributed by atoms with Crippen molar-refractivity contribution < 1.29 is 14.7 Å². The number of hydrogen-bond acceptors (Lipinski definition) is 3. The first-order valence-electron chi connectivity index (χ1n) is 5.24. The van der Waals surface area contributed by atoms with Crippen molar-refractivity contribution in [1.82, 2.24) is 5.06 Å². The number of hydrogen-bond donors (Lipinski definition) is 1. The van der Waals surface area contributed by atoms with Gasteiger partial charge in [-0.3, -0.25) is 10.0 Å². The summed E-state index contributed by atoms with van der Waals surface area (Å²) >= 11 is 0. The maximum absolute atomic E-state index is 11.3. The molecular weight excluding hydrogens is 206 g/mol. The molecule has 0 spiro atoms. The van der Waals surface area contributed by atoms with Gasteiger partial charge in [-0.25, -0.2) is 5.06 Å². The van der Waals surface area contributed by atoms with Crippen LogP contribution in [-0.4, -0.2) is 29.3 Å². The Balaban J connectivity index is 2.58. The van der Waals surface area contributed by atoms with Crippen LogP contribution in [0.4, 0.5) is 0 Å². The van der Waals surface area contributed by atoms with E-state index in [1.54, 1.807) is 6.92 Å². The second-order valence-electron chi connectivity index (χ2n) is 3.67. The SMILES string of the molecule is CCN(O)C(=O)COc1ccc(C)cc1C. The molecule has 88 valence electrons. The highest BCUT2D eigenvalue weighted by atomic mass is 16.5. The second kappa shape index (κ2) is 5.51. The van der Waals surface area contributed by atoms with Crippen molar-refractivity contribution in [1.29, 1.82) is 0 Å². The summed E-state index contributed by atoms with van der Waals surface area (Å²) in [5.41, 5.74) is 2.13. The van der Waals surface area contributed by atoms with Crippen molar-refractivity contribution in [3.05, 3.63) is 29.3 Å². The molecule has 0 saturated carbocycles. The minimum atomic E-state index is -0.442. The lowest BCUT2D eigenvalue weighted by molar-refractivity contribution is -0.166. The van der Waals surface area contributed by atoms with Crippen LogP contribution < -0.4 is 4.74 Å². The van der Waals surface area contributed by atoms with Crippen LogP contribution in [0.5, 0.6) is 5.75 Å². The number of rotatable bonds is 4. The zero-order chi connectivity index (χ0) is 12.1. The van der Waals surface area contributed by atoms with Crippen molar-refractivity contribution in [2.24, 2.45) is 0 Å². The van der Waals surface area contributed by atoms with Crippen molar-refractivity contribution in [2.75, 3.05) is 13.2 Å². The Labute approximate surface area is 95.4 Å². The van der Waals surface area contributed by atoms with Gasteiger partial charge >= 0.3 is 0 Å². The average molecular weight is 223 g/mol. The zero-order valence-electron chi connectivity index (χ0n) is 9.86. The lowest BCUT2D eigenvalue weighted by Gasteiger charge is -2.14. The molecule has 0 heterocycles. The molecule has 0 atom stereocenters. The van der Waals surface area contributed by atoms with E-state index in [0.29, 0.717) is 10.8 Å². The lowest BCUT2D eigenvalue weighted by atomic mass is 10.1. The third kappa shape index (κ3) is 3.24. The monoisotopic (exact) mass is 223 g/mol. The van der Waals surface area contributed by atoms with Crippen LogP contribution in [0, 0.1) is 13.8 Å². The molecular formula is C12H17NO3. The van der Waals surface area contributed by atoms with E-state index in [9.17, 15) is 4.79 Å². The highest BCUT2D eigenvalue weighted by Gasteiger charge is 2.09. The summed E-state index contributed by atoms with van der Waals surface area (Å²) in [5, 5.41) is 9.76. The van der Waals surface area contributed by atoms with Crippen LogP contribution in [0.15, 0.2) is 18.2 Å². The first-order valence-corrected chi connectivity index (χ1v) is 5.24. The fourth-order valence-corrected chi connectivity index (χ4v) is 1.35. The molecule has 0 aliphatic rings. The summed E-state index contributed by atoms with van der Waals surface area (Å²) in [6.07, 6.45) is 0. The first-order chi connectivity index (χ1) is 7.54. The highest BCUT2D eigenvalue weighted by Crippen LogP contribution is 2.18. The van der Waals surface area contributed by atoms with Crippen LogP contribution in [-0.2, 0) is 4.79 Å². The third-order valence-corrected chi connectivity index (χ3v) is 2.27. The van der Waals surface area contributed by atoms with Gasteiger partial charge in [0.25, 0.3) is 5.91 Å². The minimum absolute atomic E-state index is 0.145. The van der Waals surface area contributed by atoms with Crippen LogP contribution in [0.1, 0.15) is 18.1 Å². The molecule has 1 rings (SSSR count). The summed E-state index contributed by atoms with van der Waals surface area (Å²) in [4.78, 5) is 11.3. The maximum Gasteiger partial charge on any atom is 0.283 e. The fourth-order valence-electron chi connectivity index (χ4n) is 1.35. The third-order valence-electron chi connectivity index (χ3n) is 2.27. The van der Waals surface area contributed by atoms with Crippen LogP contribution in [0.3, 0.4) is 0 Å². The summed E-state index contributed by atoms with van der Waals surface area (Å²) in [6.45, 7) is 5.72. The molecule has 4 heteroatoms. The number of ether oxygens (including phenoxy) is 1. The van der Waals surface area contributed by atoms with Crippen LogP contribution >= 0.6 is 0 Å². The predicted octanol–water partition coefficient (Wildman–Crippen LogP) is 1.92. The van der Waals surface area contributed by atoms with Crippen LogP contribution in [0.2, 0.25) is 0 Å². The van der Waals surface area contributed by atoms with E-state index in [1.165, 1.54) is 0 Å². The van der Waals surface area contributed by atoms with Gasteiger partial charge in [-0.1, -0.05) is 17.7 Å². The summed E-state index contributed by atoms with van der Waals surface area (Å²) in [6, 6.07) is 5.73. The quantitative estimate of drug-likeness (QED) is 0.626. The zero-order valence-corrected chi connectivity index (χ0v) is 9.86. The standard InChI is InChI=1S/C12H17NO3/c1-4-13(15)12(14)8-16-11-6-5-9(2)7-10(11)3/h5-7,15H,4,8H2,1-3H3. The van der Waals surface area contributed by atoms with E-state index < -0.39 is 5.91 Å². The topological polar surface area (TPSA) is 49.8 Å².